The third kappa shape index (κ3) is 8.52. The van der Waals surface area contributed by atoms with E-state index in [1.807, 2.05) is 13.0 Å². The van der Waals surface area contributed by atoms with Crippen molar-refractivity contribution in [1.82, 2.24) is 20.4 Å². The highest BCUT2D eigenvalue weighted by molar-refractivity contribution is 14.0. The van der Waals surface area contributed by atoms with E-state index in [-0.39, 0.29) is 30.5 Å². The number of aliphatic hydroxyl groups is 1. The van der Waals surface area contributed by atoms with Crippen LogP contribution in [0.25, 0.3) is 0 Å². The lowest BCUT2D eigenvalue weighted by Gasteiger charge is -2.23. The first-order chi connectivity index (χ1) is 13.3. The number of alkyl halides is 2. The molecule has 0 saturated carbocycles. The van der Waals surface area contributed by atoms with E-state index < -0.39 is 18.6 Å². The van der Waals surface area contributed by atoms with Gasteiger partial charge in [-0.25, -0.2) is 13.8 Å². The minimum Gasteiger partial charge on any atom is -0.488 e. The molecule has 1 atom stereocenters. The highest BCUT2D eigenvalue weighted by Crippen LogP contribution is 2.18. The lowest BCUT2D eigenvalue weighted by atomic mass is 10.00. The Bertz CT molecular complexity index is 783. The van der Waals surface area contributed by atoms with Crippen molar-refractivity contribution in [2.75, 3.05) is 19.7 Å². The van der Waals surface area contributed by atoms with E-state index in [2.05, 4.69) is 20.7 Å². The molecule has 0 fully saturated rings. The summed E-state index contributed by atoms with van der Waals surface area (Å²) in [6.07, 6.45) is 0.867. The van der Waals surface area contributed by atoms with Crippen LogP contribution in [0.5, 0.6) is 5.75 Å². The molecule has 0 aliphatic carbocycles. The molecule has 0 aliphatic rings. The second kappa shape index (κ2) is 11.9. The van der Waals surface area contributed by atoms with E-state index in [1.165, 1.54) is 0 Å². The predicted molar refractivity (Wildman–Crippen MR) is 119 cm³/mol. The number of nitrogens with zero attached hydrogens (tertiary/aromatic N) is 3. The summed E-state index contributed by atoms with van der Waals surface area (Å²) in [4.78, 5) is 4.48. The number of nitrogens with one attached hydrogen (secondary N) is 2. The molecule has 1 unspecified atom stereocenters. The number of ether oxygens (including phenoxy) is 1. The molecule has 2 rings (SSSR count). The van der Waals surface area contributed by atoms with Crippen LogP contribution in [0.15, 0.2) is 41.7 Å². The Morgan fingerprint density at radius 3 is 2.76 bits per heavy atom. The molecule has 1 aromatic carbocycles. The van der Waals surface area contributed by atoms with Crippen molar-refractivity contribution in [3.8, 4) is 5.75 Å². The zero-order valence-electron chi connectivity index (χ0n) is 16.7. The lowest BCUT2D eigenvalue weighted by Crippen LogP contribution is -2.44. The Labute approximate surface area is 186 Å². The van der Waals surface area contributed by atoms with Gasteiger partial charge in [-0.05, 0) is 31.5 Å². The summed E-state index contributed by atoms with van der Waals surface area (Å²) in [5.41, 5.74) is 0.401. The molecule has 0 aliphatic heterocycles. The van der Waals surface area contributed by atoms with Crippen LogP contribution in [0.2, 0.25) is 0 Å². The van der Waals surface area contributed by atoms with Crippen molar-refractivity contribution in [2.45, 2.75) is 32.4 Å². The smallest absolute Gasteiger partial charge is 0.272 e. The van der Waals surface area contributed by atoms with E-state index >= 15 is 0 Å². The van der Waals surface area contributed by atoms with Crippen LogP contribution < -0.4 is 15.4 Å². The fourth-order valence-electron chi connectivity index (χ4n) is 2.46. The highest BCUT2D eigenvalue weighted by Gasteiger charge is 2.24. The second-order valence-corrected chi connectivity index (χ2v) is 6.57. The first-order valence-corrected chi connectivity index (χ1v) is 9.03. The molecule has 162 valence electrons. The van der Waals surface area contributed by atoms with Gasteiger partial charge in [-0.15, -0.1) is 24.0 Å². The minimum atomic E-state index is -2.51. The molecule has 0 amide bonds. The van der Waals surface area contributed by atoms with Crippen LogP contribution in [0.3, 0.4) is 0 Å². The molecule has 1 heterocycles. The Morgan fingerprint density at radius 2 is 2.14 bits per heavy atom. The van der Waals surface area contributed by atoms with Gasteiger partial charge in [0.1, 0.15) is 18.0 Å². The van der Waals surface area contributed by atoms with Gasteiger partial charge in [-0.3, -0.25) is 4.68 Å². The molecule has 10 heteroatoms. The van der Waals surface area contributed by atoms with Gasteiger partial charge in [0.05, 0.1) is 19.3 Å². The Morgan fingerprint density at radius 1 is 1.38 bits per heavy atom. The highest BCUT2D eigenvalue weighted by atomic mass is 127. The Balaban J connectivity index is 0.00000420. The van der Waals surface area contributed by atoms with Gasteiger partial charge < -0.3 is 20.5 Å². The number of halogens is 3. The van der Waals surface area contributed by atoms with Crippen molar-refractivity contribution >= 4 is 29.9 Å². The Kier molecular flexibility index (Phi) is 10.3. The first kappa shape index (κ1) is 25.1. The molecule has 2 aromatic rings. The van der Waals surface area contributed by atoms with Gasteiger partial charge in [0.15, 0.2) is 5.96 Å². The number of guanidine groups is 1. The van der Waals surface area contributed by atoms with Crippen LogP contribution in [0, 0.1) is 0 Å². The van der Waals surface area contributed by atoms with Gasteiger partial charge in [0, 0.05) is 25.4 Å². The minimum absolute atomic E-state index is 0. The molecule has 3 N–H and O–H groups in total. The van der Waals surface area contributed by atoms with Crippen LogP contribution in [-0.2, 0) is 19.2 Å². The third-order valence-corrected chi connectivity index (χ3v) is 3.97. The van der Waals surface area contributed by atoms with Crippen molar-refractivity contribution in [1.29, 1.82) is 0 Å². The predicted octanol–water partition coefficient (Wildman–Crippen LogP) is 2.64. The topological polar surface area (TPSA) is 83.7 Å². The number of hydrogen-bond donors (Lipinski definition) is 3. The van der Waals surface area contributed by atoms with Crippen LogP contribution in [0.4, 0.5) is 8.78 Å². The zero-order chi connectivity index (χ0) is 20.6. The van der Waals surface area contributed by atoms with Gasteiger partial charge in [-0.1, -0.05) is 12.1 Å². The zero-order valence-corrected chi connectivity index (χ0v) is 19.1. The first-order valence-electron chi connectivity index (χ1n) is 9.03. The number of benzene rings is 1. The number of aliphatic imine (C=N–C) groups is 1. The molecule has 29 heavy (non-hydrogen) atoms. The average Bonchev–Trinajstić information content (AvgIpc) is 3.10. The van der Waals surface area contributed by atoms with Crippen molar-refractivity contribution in [3.63, 3.8) is 0 Å². The van der Waals surface area contributed by atoms with Crippen LogP contribution in [0.1, 0.15) is 25.0 Å². The normalized spacial score (nSPS) is 13.6. The maximum Gasteiger partial charge on any atom is 0.272 e. The summed E-state index contributed by atoms with van der Waals surface area (Å²) in [6.45, 7) is 4.22. The van der Waals surface area contributed by atoms with Gasteiger partial charge in [0.2, 0.25) is 0 Å². The van der Waals surface area contributed by atoms with E-state index in [1.54, 1.807) is 49.2 Å². The van der Waals surface area contributed by atoms with E-state index in [4.69, 9.17) is 4.74 Å². The van der Waals surface area contributed by atoms with Gasteiger partial charge in [0.25, 0.3) is 6.43 Å². The standard InChI is InChI=1S/C19H27F2N5O2.HI/c1-4-22-18(24-13-19(2,27)15-10-25-26(3)11-15)23-9-14-6-5-7-16(8-14)28-12-17(20)21;/h5-8,10-11,17,27H,4,9,12-13H2,1-3H3,(H2,22,23,24);1H. The number of hydrogen-bond acceptors (Lipinski definition) is 4. The molecular formula is C19H28F2IN5O2. The maximum atomic E-state index is 12.3. The van der Waals surface area contributed by atoms with Gasteiger partial charge in [-0.2, -0.15) is 5.10 Å². The molecule has 0 bridgehead atoms. The summed E-state index contributed by atoms with van der Waals surface area (Å²) >= 11 is 0. The molecule has 0 spiro atoms. The summed E-state index contributed by atoms with van der Waals surface area (Å²) < 4.78 is 31.2. The fourth-order valence-corrected chi connectivity index (χ4v) is 2.46. The molecule has 0 saturated heterocycles. The number of aryl methyl sites for hydroxylation is 1. The van der Waals surface area contributed by atoms with Crippen molar-refractivity contribution in [3.05, 3.63) is 47.8 Å². The lowest BCUT2D eigenvalue weighted by molar-refractivity contribution is 0.0616. The number of aromatic nitrogens is 2. The molecule has 1 aromatic heterocycles. The molecule has 0 radical (unpaired) electrons. The van der Waals surface area contributed by atoms with Gasteiger partial charge >= 0.3 is 0 Å². The van der Waals surface area contributed by atoms with E-state index in [9.17, 15) is 13.9 Å². The summed E-state index contributed by atoms with van der Waals surface area (Å²) in [5.74, 6) is 0.913. The quantitative estimate of drug-likeness (QED) is 0.268. The molecule has 7 nitrogen and oxygen atoms in total. The average molecular weight is 523 g/mol. The van der Waals surface area contributed by atoms with Crippen LogP contribution >= 0.6 is 24.0 Å². The molecular weight excluding hydrogens is 495 g/mol. The van der Waals surface area contributed by atoms with Crippen molar-refractivity contribution in [2.24, 2.45) is 12.0 Å². The fraction of sp³-hybridized carbons (Fsp3) is 0.474. The largest absolute Gasteiger partial charge is 0.488 e. The SMILES string of the molecule is CCNC(=NCc1cccc(OCC(F)F)c1)NCC(C)(O)c1cnn(C)c1.I. The number of rotatable bonds is 9. The maximum absolute atomic E-state index is 12.3. The summed E-state index contributed by atoms with van der Waals surface area (Å²) in [7, 11) is 1.79. The summed E-state index contributed by atoms with van der Waals surface area (Å²) in [5, 5.41) is 21.0. The monoisotopic (exact) mass is 523 g/mol. The van der Waals surface area contributed by atoms with Crippen molar-refractivity contribution < 1.29 is 18.6 Å². The third-order valence-electron chi connectivity index (χ3n) is 3.97. The second-order valence-electron chi connectivity index (χ2n) is 6.57. The Hall–Kier alpha value is -1.95. The summed E-state index contributed by atoms with van der Waals surface area (Å²) in [6, 6.07) is 6.89. The van der Waals surface area contributed by atoms with E-state index in [0.717, 1.165) is 5.56 Å². The van der Waals surface area contributed by atoms with E-state index in [0.29, 0.717) is 30.4 Å². The van der Waals surface area contributed by atoms with Crippen LogP contribution in [-0.4, -0.2) is 47.0 Å².